The average Bonchev–Trinajstić information content (AvgIpc) is 3.32. The van der Waals surface area contributed by atoms with Gasteiger partial charge in [-0.3, -0.25) is 22.5 Å². The molecule has 1 aromatic heterocycles. The number of halogens is 2. The van der Waals surface area contributed by atoms with Crippen molar-refractivity contribution in [2.75, 3.05) is 40.2 Å². The monoisotopic (exact) mass is 464 g/mol. The number of aromatic nitrogens is 1. The van der Waals surface area contributed by atoms with Gasteiger partial charge in [0.25, 0.3) is 5.92 Å². The van der Waals surface area contributed by atoms with E-state index >= 15 is 0 Å². The SMILES string of the molecule is Cc1ccc(N2CCC(=O)CC2)nc1-c1ccc2c(c1)N(C)S(O)(O)N2CC1CC1(F)F. The Hall–Kier alpha value is -2.43. The van der Waals surface area contributed by atoms with Crippen LogP contribution >= 0.6 is 11.0 Å². The molecule has 172 valence electrons. The minimum absolute atomic E-state index is 0.105. The van der Waals surface area contributed by atoms with Crippen molar-refractivity contribution in [3.63, 3.8) is 0 Å². The van der Waals surface area contributed by atoms with Crippen LogP contribution in [0.3, 0.4) is 0 Å². The minimum atomic E-state index is -3.40. The molecule has 3 heterocycles. The second-order valence-electron chi connectivity index (χ2n) is 8.77. The van der Waals surface area contributed by atoms with Crippen molar-refractivity contribution in [3.05, 3.63) is 35.9 Å². The molecule has 2 fully saturated rings. The molecule has 1 saturated heterocycles. The number of pyridine rings is 1. The molecule has 32 heavy (non-hydrogen) atoms. The lowest BCUT2D eigenvalue weighted by Gasteiger charge is -2.42. The third-order valence-electron chi connectivity index (χ3n) is 6.59. The van der Waals surface area contributed by atoms with Crippen molar-refractivity contribution in [2.45, 2.75) is 32.1 Å². The fourth-order valence-electron chi connectivity index (χ4n) is 4.38. The van der Waals surface area contributed by atoms with Crippen molar-refractivity contribution in [1.29, 1.82) is 0 Å². The highest BCUT2D eigenvalue weighted by atomic mass is 32.3. The molecular formula is C22H26F2N4O3S. The predicted octanol–water partition coefficient (Wildman–Crippen LogP) is 4.72. The molecule has 2 aromatic rings. The van der Waals surface area contributed by atoms with Crippen LogP contribution in [-0.2, 0) is 4.79 Å². The van der Waals surface area contributed by atoms with Gasteiger partial charge >= 0.3 is 0 Å². The van der Waals surface area contributed by atoms with Crippen LogP contribution in [0.4, 0.5) is 26.0 Å². The van der Waals surface area contributed by atoms with E-state index in [1.807, 2.05) is 31.2 Å². The molecule has 5 rings (SSSR count). The van der Waals surface area contributed by atoms with Crippen molar-refractivity contribution in [2.24, 2.45) is 5.92 Å². The quantitative estimate of drug-likeness (QED) is 0.678. The summed E-state index contributed by atoms with van der Waals surface area (Å²) in [7, 11) is -1.84. The maximum Gasteiger partial charge on any atom is 0.253 e. The number of benzene rings is 1. The summed E-state index contributed by atoms with van der Waals surface area (Å²) in [5, 5.41) is 0. The first-order valence-corrected chi connectivity index (χ1v) is 12.1. The first kappa shape index (κ1) is 21.4. The summed E-state index contributed by atoms with van der Waals surface area (Å²) >= 11 is 0. The molecule has 0 spiro atoms. The molecule has 0 radical (unpaired) electrons. The zero-order valence-corrected chi connectivity index (χ0v) is 18.8. The number of anilines is 3. The van der Waals surface area contributed by atoms with Gasteiger partial charge in [-0.15, -0.1) is 0 Å². The smallest absolute Gasteiger partial charge is 0.253 e. The second kappa shape index (κ2) is 7.29. The van der Waals surface area contributed by atoms with E-state index in [9.17, 15) is 22.7 Å². The fraction of sp³-hybridized carbons (Fsp3) is 0.455. The second-order valence-corrected chi connectivity index (χ2v) is 10.7. The number of hydrogen-bond acceptors (Lipinski definition) is 7. The highest BCUT2D eigenvalue weighted by Crippen LogP contribution is 2.63. The van der Waals surface area contributed by atoms with Crippen LogP contribution in [0.5, 0.6) is 0 Å². The normalized spacial score (nSPS) is 24.5. The first-order chi connectivity index (χ1) is 15.1. The standard InChI is InChI=1S/C22H26F2N4O3S/c1-14-3-6-20(27-9-7-17(29)8-10-27)25-21(14)15-4-5-18-19(11-15)26(2)32(30,31)28(18)13-16-12-22(16,23)24/h3-6,11,16,30-31H,7-10,12-13H2,1-2H3. The van der Waals surface area contributed by atoms with E-state index in [0.29, 0.717) is 37.3 Å². The van der Waals surface area contributed by atoms with E-state index in [0.717, 1.165) is 22.6 Å². The summed E-state index contributed by atoms with van der Waals surface area (Å²) in [6.07, 6.45) is 0.804. The summed E-state index contributed by atoms with van der Waals surface area (Å²) in [4.78, 5) is 18.5. The molecule has 1 atom stereocenters. The Morgan fingerprint density at radius 1 is 1.16 bits per heavy atom. The lowest BCUT2D eigenvalue weighted by Crippen LogP contribution is -2.34. The molecular weight excluding hydrogens is 438 g/mol. The molecule has 2 aliphatic heterocycles. The summed E-state index contributed by atoms with van der Waals surface area (Å²) in [5.41, 5.74) is 3.63. The van der Waals surface area contributed by atoms with Crippen LogP contribution < -0.4 is 13.5 Å². The number of carbonyl (C=O) groups is 1. The summed E-state index contributed by atoms with van der Waals surface area (Å²) in [6, 6.07) is 9.34. The zero-order valence-electron chi connectivity index (χ0n) is 18.0. The highest BCUT2D eigenvalue weighted by molar-refractivity contribution is 8.26. The number of carbonyl (C=O) groups excluding carboxylic acids is 1. The predicted molar refractivity (Wildman–Crippen MR) is 123 cm³/mol. The van der Waals surface area contributed by atoms with E-state index in [4.69, 9.17) is 4.98 Å². The number of fused-ring (bicyclic) bond motifs is 1. The fourth-order valence-corrected chi connectivity index (χ4v) is 5.89. The third kappa shape index (κ3) is 3.50. The highest BCUT2D eigenvalue weighted by Gasteiger charge is 2.59. The van der Waals surface area contributed by atoms with Gasteiger partial charge in [0.1, 0.15) is 11.6 Å². The third-order valence-corrected chi connectivity index (χ3v) is 8.46. The number of aryl methyl sites for hydroxylation is 1. The van der Waals surface area contributed by atoms with Gasteiger partial charge in [0.05, 0.1) is 17.1 Å². The minimum Gasteiger partial charge on any atom is -0.356 e. The lowest BCUT2D eigenvalue weighted by atomic mass is 10.0. The zero-order chi connectivity index (χ0) is 22.8. The molecule has 2 N–H and O–H groups in total. The van der Waals surface area contributed by atoms with Gasteiger partial charge in [0.2, 0.25) is 0 Å². The number of ketones is 1. The van der Waals surface area contributed by atoms with Crippen molar-refractivity contribution >= 4 is 33.9 Å². The number of rotatable bonds is 4. The van der Waals surface area contributed by atoms with Crippen LogP contribution in [0, 0.1) is 12.8 Å². The maximum absolute atomic E-state index is 13.5. The molecule has 1 saturated carbocycles. The van der Waals surface area contributed by atoms with Crippen molar-refractivity contribution < 1.29 is 22.7 Å². The van der Waals surface area contributed by atoms with Crippen LogP contribution in [0.1, 0.15) is 24.8 Å². The average molecular weight is 465 g/mol. The maximum atomic E-state index is 13.5. The van der Waals surface area contributed by atoms with Gasteiger partial charge in [-0.1, -0.05) is 12.1 Å². The Labute approximate surface area is 187 Å². The van der Waals surface area contributed by atoms with Gasteiger partial charge < -0.3 is 4.90 Å². The van der Waals surface area contributed by atoms with Crippen LogP contribution in [0.25, 0.3) is 11.3 Å². The Kier molecular flexibility index (Phi) is 4.88. The Balaban J connectivity index is 1.47. The first-order valence-electron chi connectivity index (χ1n) is 10.6. The topological polar surface area (TPSA) is 80.1 Å². The van der Waals surface area contributed by atoms with E-state index in [-0.39, 0.29) is 18.7 Å². The number of Topliss-reactive ketones (excluding diaryl/α,β-unsaturated/α-hetero) is 1. The number of alkyl halides is 2. The van der Waals surface area contributed by atoms with Gasteiger partial charge in [0.15, 0.2) is 0 Å². The molecule has 10 heteroatoms. The molecule has 1 aliphatic carbocycles. The van der Waals surface area contributed by atoms with Gasteiger partial charge in [-0.25, -0.2) is 13.8 Å². The molecule has 0 amide bonds. The molecule has 0 bridgehead atoms. The van der Waals surface area contributed by atoms with E-state index in [1.165, 1.54) is 8.61 Å². The summed E-state index contributed by atoms with van der Waals surface area (Å²) in [5.74, 6) is -2.54. The molecule has 1 unspecified atom stereocenters. The van der Waals surface area contributed by atoms with E-state index in [2.05, 4.69) is 4.90 Å². The molecule has 3 aliphatic rings. The van der Waals surface area contributed by atoms with Gasteiger partial charge in [-0.05, 0) is 41.6 Å². The number of hydrogen-bond donors (Lipinski definition) is 2. The lowest BCUT2D eigenvalue weighted by molar-refractivity contribution is -0.119. The molecule has 1 aromatic carbocycles. The van der Waals surface area contributed by atoms with Crippen molar-refractivity contribution in [1.82, 2.24) is 4.98 Å². The Bertz CT molecular complexity index is 1090. The van der Waals surface area contributed by atoms with Gasteiger partial charge in [-0.2, -0.15) is 0 Å². The number of piperidine rings is 1. The van der Waals surface area contributed by atoms with E-state index < -0.39 is 22.8 Å². The Morgan fingerprint density at radius 2 is 1.84 bits per heavy atom. The van der Waals surface area contributed by atoms with Crippen molar-refractivity contribution in [3.8, 4) is 11.3 Å². The Morgan fingerprint density at radius 3 is 2.50 bits per heavy atom. The largest absolute Gasteiger partial charge is 0.356 e. The number of nitrogens with zero attached hydrogens (tertiary/aromatic N) is 4. The van der Waals surface area contributed by atoms with Gasteiger partial charge in [0, 0.05) is 57.4 Å². The van der Waals surface area contributed by atoms with Crippen LogP contribution in [0.2, 0.25) is 0 Å². The van der Waals surface area contributed by atoms with Crippen LogP contribution in [-0.4, -0.2) is 52.5 Å². The summed E-state index contributed by atoms with van der Waals surface area (Å²) < 4.78 is 51.1. The van der Waals surface area contributed by atoms with E-state index in [1.54, 1.807) is 13.1 Å². The summed E-state index contributed by atoms with van der Waals surface area (Å²) in [6.45, 7) is 3.14. The van der Waals surface area contributed by atoms with Crippen LogP contribution in [0.15, 0.2) is 30.3 Å². The molecule has 7 nitrogen and oxygen atoms in total.